The first-order valence-electron chi connectivity index (χ1n) is 9.76. The van der Waals surface area contributed by atoms with E-state index in [2.05, 4.69) is 15.2 Å². The van der Waals surface area contributed by atoms with Crippen molar-refractivity contribution < 1.29 is 9.18 Å². The van der Waals surface area contributed by atoms with E-state index in [0.717, 1.165) is 30.5 Å². The number of nitrogens with zero attached hydrogens (tertiary/aromatic N) is 4. The third kappa shape index (κ3) is 4.47. The second kappa shape index (κ2) is 8.76. The molecule has 5 nitrogen and oxygen atoms in total. The van der Waals surface area contributed by atoms with Crippen molar-refractivity contribution in [2.45, 2.75) is 25.8 Å². The van der Waals surface area contributed by atoms with Crippen LogP contribution in [0.4, 0.5) is 9.52 Å². The molecule has 0 radical (unpaired) electrons. The van der Waals surface area contributed by atoms with Crippen LogP contribution in [0.5, 0.6) is 0 Å². The Balaban J connectivity index is 1.32. The van der Waals surface area contributed by atoms with Crippen molar-refractivity contribution in [3.63, 3.8) is 0 Å². The van der Waals surface area contributed by atoms with Crippen molar-refractivity contribution in [1.82, 2.24) is 14.8 Å². The number of amides is 1. The molecule has 0 aliphatic carbocycles. The first-order chi connectivity index (χ1) is 13.6. The molecule has 8 heteroatoms. The number of piperazine rings is 1. The van der Waals surface area contributed by atoms with Crippen LogP contribution in [0.1, 0.15) is 35.3 Å². The fraction of sp³-hybridized carbons (Fsp3) is 0.500. The van der Waals surface area contributed by atoms with Gasteiger partial charge in [-0.3, -0.25) is 9.69 Å². The summed E-state index contributed by atoms with van der Waals surface area (Å²) in [7, 11) is 0. The Bertz CT molecular complexity index is 831. The van der Waals surface area contributed by atoms with Gasteiger partial charge in [-0.05, 0) is 44.1 Å². The van der Waals surface area contributed by atoms with Gasteiger partial charge in [-0.15, -0.1) is 11.3 Å². The van der Waals surface area contributed by atoms with Crippen molar-refractivity contribution in [2.75, 3.05) is 44.2 Å². The highest BCUT2D eigenvalue weighted by Gasteiger charge is 2.24. The zero-order valence-corrected chi connectivity index (χ0v) is 17.3. The molecular weight excluding hydrogens is 399 g/mol. The molecule has 150 valence electrons. The zero-order valence-electron chi connectivity index (χ0n) is 15.7. The van der Waals surface area contributed by atoms with Crippen LogP contribution in [0.2, 0.25) is 5.02 Å². The lowest BCUT2D eigenvalue weighted by Gasteiger charge is -2.34. The highest BCUT2D eigenvalue weighted by atomic mass is 35.5. The molecule has 28 heavy (non-hydrogen) atoms. The van der Waals surface area contributed by atoms with Gasteiger partial charge in [-0.1, -0.05) is 18.0 Å². The molecule has 2 aliphatic rings. The molecule has 0 N–H and O–H groups in total. The number of thiazole rings is 1. The SMILES string of the molecule is O=C(c1ccc(F)c(Cl)c1)N1CCN(c2nc(CN3CCCCC3)cs2)CC1. The highest BCUT2D eigenvalue weighted by Crippen LogP contribution is 2.24. The van der Waals surface area contributed by atoms with Crippen molar-refractivity contribution in [1.29, 1.82) is 0 Å². The zero-order chi connectivity index (χ0) is 19.5. The summed E-state index contributed by atoms with van der Waals surface area (Å²) in [5, 5.41) is 3.17. The van der Waals surface area contributed by atoms with E-state index in [1.807, 2.05) is 0 Å². The summed E-state index contributed by atoms with van der Waals surface area (Å²) >= 11 is 7.49. The van der Waals surface area contributed by atoms with Crippen LogP contribution in [-0.2, 0) is 6.54 Å². The predicted octanol–water partition coefficient (Wildman–Crippen LogP) is 3.88. The van der Waals surface area contributed by atoms with Crippen molar-refractivity contribution >= 4 is 34.0 Å². The predicted molar refractivity (Wildman–Crippen MR) is 111 cm³/mol. The summed E-state index contributed by atoms with van der Waals surface area (Å²) in [6.07, 6.45) is 3.91. The van der Waals surface area contributed by atoms with Crippen LogP contribution in [0.15, 0.2) is 23.6 Å². The van der Waals surface area contributed by atoms with E-state index in [-0.39, 0.29) is 10.9 Å². The Hall–Kier alpha value is -1.70. The minimum absolute atomic E-state index is 0.0199. The van der Waals surface area contributed by atoms with Gasteiger partial charge in [0, 0.05) is 43.7 Å². The maximum atomic E-state index is 13.3. The van der Waals surface area contributed by atoms with Gasteiger partial charge >= 0.3 is 0 Å². The molecule has 0 saturated carbocycles. The number of piperidine rings is 1. The van der Waals surface area contributed by atoms with Crippen molar-refractivity contribution in [2.24, 2.45) is 0 Å². The normalized spacial score (nSPS) is 18.5. The summed E-state index contributed by atoms with van der Waals surface area (Å²) in [4.78, 5) is 24.0. The number of hydrogen-bond donors (Lipinski definition) is 0. The maximum Gasteiger partial charge on any atom is 0.254 e. The average molecular weight is 423 g/mol. The molecular formula is C20H24ClFN4OS. The van der Waals surface area contributed by atoms with E-state index < -0.39 is 5.82 Å². The molecule has 1 amide bonds. The maximum absolute atomic E-state index is 13.3. The Morgan fingerprint density at radius 3 is 2.57 bits per heavy atom. The van der Waals surface area contributed by atoms with E-state index in [0.29, 0.717) is 18.7 Å². The molecule has 0 bridgehead atoms. The molecule has 1 aromatic heterocycles. The second-order valence-corrected chi connectivity index (χ2v) is 8.61. The average Bonchev–Trinajstić information content (AvgIpc) is 3.19. The van der Waals surface area contributed by atoms with Crippen molar-refractivity contribution in [3.8, 4) is 0 Å². The van der Waals surface area contributed by atoms with E-state index in [1.165, 1.54) is 50.6 Å². The quantitative estimate of drug-likeness (QED) is 0.749. The summed E-state index contributed by atoms with van der Waals surface area (Å²) in [5.41, 5.74) is 1.57. The Morgan fingerprint density at radius 2 is 1.86 bits per heavy atom. The van der Waals surface area contributed by atoms with Crippen LogP contribution >= 0.6 is 22.9 Å². The number of carbonyl (C=O) groups is 1. The third-order valence-electron chi connectivity index (χ3n) is 5.38. The summed E-state index contributed by atoms with van der Waals surface area (Å²) in [5.74, 6) is -0.612. The van der Waals surface area contributed by atoms with Gasteiger partial charge in [-0.25, -0.2) is 9.37 Å². The van der Waals surface area contributed by atoms with E-state index in [4.69, 9.17) is 16.6 Å². The van der Waals surface area contributed by atoms with Crippen LogP contribution in [-0.4, -0.2) is 60.0 Å². The molecule has 4 rings (SSSR count). The van der Waals surface area contributed by atoms with Crippen LogP contribution in [0, 0.1) is 5.82 Å². The molecule has 2 saturated heterocycles. The van der Waals surface area contributed by atoms with E-state index in [1.54, 1.807) is 16.2 Å². The molecule has 2 aliphatic heterocycles. The molecule has 0 unspecified atom stereocenters. The number of carbonyl (C=O) groups excluding carboxylic acids is 1. The minimum Gasteiger partial charge on any atom is -0.345 e. The first-order valence-corrected chi connectivity index (χ1v) is 11.0. The van der Waals surface area contributed by atoms with Gasteiger partial charge in [-0.2, -0.15) is 0 Å². The molecule has 3 heterocycles. The first kappa shape index (κ1) is 19.6. The molecule has 0 spiro atoms. The number of aromatic nitrogens is 1. The van der Waals surface area contributed by atoms with Gasteiger partial charge in [0.1, 0.15) is 5.82 Å². The van der Waals surface area contributed by atoms with E-state index in [9.17, 15) is 9.18 Å². The van der Waals surface area contributed by atoms with Crippen LogP contribution in [0.3, 0.4) is 0 Å². The summed E-state index contributed by atoms with van der Waals surface area (Å²) in [6, 6.07) is 4.13. The minimum atomic E-state index is -0.507. The number of halogens is 2. The third-order valence-corrected chi connectivity index (χ3v) is 6.62. The standard InChI is InChI=1S/C20H24ClFN4OS/c21-17-12-15(4-5-18(17)22)19(27)25-8-10-26(11-9-25)20-23-16(14-28-20)13-24-6-2-1-3-7-24/h4-5,12,14H,1-3,6-11,13H2. The lowest BCUT2D eigenvalue weighted by Crippen LogP contribution is -2.48. The second-order valence-electron chi connectivity index (χ2n) is 7.37. The number of rotatable bonds is 4. The number of likely N-dealkylation sites (tertiary alicyclic amines) is 1. The smallest absolute Gasteiger partial charge is 0.254 e. The highest BCUT2D eigenvalue weighted by molar-refractivity contribution is 7.13. The lowest BCUT2D eigenvalue weighted by molar-refractivity contribution is 0.0746. The van der Waals surface area contributed by atoms with Crippen LogP contribution in [0.25, 0.3) is 0 Å². The summed E-state index contributed by atoms with van der Waals surface area (Å²) in [6.45, 7) is 6.00. The van der Waals surface area contributed by atoms with Gasteiger partial charge in [0.15, 0.2) is 5.13 Å². The Morgan fingerprint density at radius 1 is 1.11 bits per heavy atom. The fourth-order valence-electron chi connectivity index (χ4n) is 3.77. The van der Waals surface area contributed by atoms with Gasteiger partial charge in [0.25, 0.3) is 5.91 Å². The number of anilines is 1. The van der Waals surface area contributed by atoms with Gasteiger partial charge < -0.3 is 9.80 Å². The van der Waals surface area contributed by atoms with Gasteiger partial charge in [0.05, 0.1) is 10.7 Å². The summed E-state index contributed by atoms with van der Waals surface area (Å²) < 4.78 is 13.3. The number of benzene rings is 1. The Labute approximate surface area is 173 Å². The largest absolute Gasteiger partial charge is 0.345 e. The molecule has 0 atom stereocenters. The molecule has 1 aromatic carbocycles. The molecule has 2 fully saturated rings. The monoisotopic (exact) mass is 422 g/mol. The van der Waals surface area contributed by atoms with Gasteiger partial charge in [0.2, 0.25) is 0 Å². The Kier molecular flexibility index (Phi) is 6.13. The lowest BCUT2D eigenvalue weighted by atomic mass is 10.1. The van der Waals surface area contributed by atoms with Crippen molar-refractivity contribution in [3.05, 3.63) is 45.7 Å². The number of hydrogen-bond acceptors (Lipinski definition) is 5. The fourth-order valence-corrected chi connectivity index (χ4v) is 4.82. The molecule has 2 aromatic rings. The van der Waals surface area contributed by atoms with Crippen LogP contribution < -0.4 is 4.90 Å². The topological polar surface area (TPSA) is 39.7 Å². The van der Waals surface area contributed by atoms with E-state index >= 15 is 0 Å².